The van der Waals surface area contributed by atoms with E-state index in [0.717, 1.165) is 12.5 Å². The van der Waals surface area contributed by atoms with E-state index in [-0.39, 0.29) is 0 Å². The second-order valence-electron chi connectivity index (χ2n) is 5.47. The minimum atomic E-state index is 0.527. The minimum Gasteiger partial charge on any atom is -0.309 e. The summed E-state index contributed by atoms with van der Waals surface area (Å²) >= 11 is 0. The molecule has 0 aliphatic carbocycles. The Morgan fingerprint density at radius 2 is 2.00 bits per heavy atom. The van der Waals surface area contributed by atoms with Gasteiger partial charge >= 0.3 is 0 Å². The molecule has 0 bridgehead atoms. The van der Waals surface area contributed by atoms with Crippen LogP contribution < -0.4 is 5.32 Å². The summed E-state index contributed by atoms with van der Waals surface area (Å²) in [4.78, 5) is 0. The summed E-state index contributed by atoms with van der Waals surface area (Å²) in [6.45, 7) is 8.11. The maximum Gasteiger partial charge on any atom is 0.0346 e. The second-order valence-corrected chi connectivity index (χ2v) is 5.47. The van der Waals surface area contributed by atoms with Crippen molar-refractivity contribution in [2.24, 2.45) is 11.8 Å². The Hall–Kier alpha value is -0.820. The molecule has 0 radical (unpaired) electrons. The molecular weight excluding hydrogens is 194 g/mol. The van der Waals surface area contributed by atoms with Crippen LogP contribution in [0.3, 0.4) is 0 Å². The first-order valence-electron chi connectivity index (χ1n) is 6.49. The van der Waals surface area contributed by atoms with Crippen LogP contribution in [0.5, 0.6) is 0 Å². The van der Waals surface area contributed by atoms with Gasteiger partial charge in [-0.3, -0.25) is 0 Å². The van der Waals surface area contributed by atoms with Crippen molar-refractivity contribution in [2.45, 2.75) is 39.7 Å². The highest BCUT2D eigenvalue weighted by Gasteiger charge is 2.21. The fourth-order valence-electron chi connectivity index (χ4n) is 2.60. The fourth-order valence-corrected chi connectivity index (χ4v) is 2.60. The minimum absolute atomic E-state index is 0.527. The predicted octanol–water partition coefficient (Wildman–Crippen LogP) is 3.56. The van der Waals surface area contributed by atoms with Crippen molar-refractivity contribution >= 4 is 0 Å². The van der Waals surface area contributed by atoms with Crippen molar-refractivity contribution < 1.29 is 0 Å². The number of fused-ring (bicyclic) bond motifs is 1. The standard InChI is InChI=1S/C15H23N/c1-11(2)15-14-7-5-4-6-13(14)9-8-12(3)10-16-15/h4-7,11-12,15-16H,8-10H2,1-3H3. The van der Waals surface area contributed by atoms with Crippen LogP contribution in [0.4, 0.5) is 0 Å². The SMILES string of the molecule is CC1CCc2ccccc2C(C(C)C)NC1. The Balaban J connectivity index is 2.33. The molecule has 2 atom stereocenters. The molecule has 1 heteroatoms. The quantitative estimate of drug-likeness (QED) is 0.758. The Labute approximate surface area is 99.3 Å². The Morgan fingerprint density at radius 3 is 2.75 bits per heavy atom. The topological polar surface area (TPSA) is 12.0 Å². The van der Waals surface area contributed by atoms with E-state index in [1.807, 2.05) is 0 Å². The van der Waals surface area contributed by atoms with E-state index >= 15 is 0 Å². The zero-order chi connectivity index (χ0) is 11.5. The number of nitrogens with one attached hydrogen (secondary N) is 1. The van der Waals surface area contributed by atoms with Gasteiger partial charge in [0.15, 0.2) is 0 Å². The Bertz CT molecular complexity index is 343. The monoisotopic (exact) mass is 217 g/mol. The van der Waals surface area contributed by atoms with Crippen molar-refractivity contribution in [2.75, 3.05) is 6.54 Å². The van der Waals surface area contributed by atoms with Gasteiger partial charge in [0.2, 0.25) is 0 Å². The number of benzene rings is 1. The molecular formula is C15H23N. The van der Waals surface area contributed by atoms with Gasteiger partial charge in [-0.15, -0.1) is 0 Å². The van der Waals surface area contributed by atoms with E-state index in [1.165, 1.54) is 18.4 Å². The molecule has 1 aliphatic heterocycles. The van der Waals surface area contributed by atoms with E-state index in [0.29, 0.717) is 12.0 Å². The molecule has 16 heavy (non-hydrogen) atoms. The van der Waals surface area contributed by atoms with Crippen LogP contribution >= 0.6 is 0 Å². The zero-order valence-electron chi connectivity index (χ0n) is 10.7. The van der Waals surface area contributed by atoms with Gasteiger partial charge < -0.3 is 5.32 Å². The van der Waals surface area contributed by atoms with Crippen molar-refractivity contribution in [3.8, 4) is 0 Å². The Morgan fingerprint density at radius 1 is 1.25 bits per heavy atom. The third-order valence-electron chi connectivity index (χ3n) is 3.65. The molecule has 1 heterocycles. The molecule has 1 nitrogen and oxygen atoms in total. The smallest absolute Gasteiger partial charge is 0.0346 e. The van der Waals surface area contributed by atoms with E-state index < -0.39 is 0 Å². The summed E-state index contributed by atoms with van der Waals surface area (Å²) in [5.41, 5.74) is 3.06. The highest BCUT2D eigenvalue weighted by Crippen LogP contribution is 2.28. The molecule has 1 aromatic rings. The first-order chi connectivity index (χ1) is 7.68. The van der Waals surface area contributed by atoms with E-state index in [4.69, 9.17) is 0 Å². The molecule has 0 aromatic heterocycles. The van der Waals surface area contributed by atoms with Crippen LogP contribution in [0.25, 0.3) is 0 Å². The van der Waals surface area contributed by atoms with Crippen LogP contribution in [-0.2, 0) is 6.42 Å². The Kier molecular flexibility index (Phi) is 3.65. The van der Waals surface area contributed by atoms with Gasteiger partial charge in [-0.1, -0.05) is 45.0 Å². The zero-order valence-corrected chi connectivity index (χ0v) is 10.7. The fraction of sp³-hybridized carbons (Fsp3) is 0.600. The molecule has 0 saturated carbocycles. The maximum absolute atomic E-state index is 3.73. The second kappa shape index (κ2) is 5.01. The van der Waals surface area contributed by atoms with Crippen LogP contribution in [0.2, 0.25) is 0 Å². The molecule has 0 amide bonds. The molecule has 0 saturated heterocycles. The van der Waals surface area contributed by atoms with E-state index in [2.05, 4.69) is 50.4 Å². The number of rotatable bonds is 1. The van der Waals surface area contributed by atoms with Crippen LogP contribution in [-0.4, -0.2) is 6.54 Å². The molecule has 1 aliphatic rings. The van der Waals surface area contributed by atoms with Gasteiger partial charge in [-0.25, -0.2) is 0 Å². The van der Waals surface area contributed by atoms with E-state index in [9.17, 15) is 0 Å². The first kappa shape index (κ1) is 11.7. The summed E-state index contributed by atoms with van der Waals surface area (Å²) < 4.78 is 0. The summed E-state index contributed by atoms with van der Waals surface area (Å²) in [6, 6.07) is 9.45. The molecule has 0 fully saturated rings. The predicted molar refractivity (Wildman–Crippen MR) is 69.5 cm³/mol. The average molecular weight is 217 g/mol. The number of hydrogen-bond acceptors (Lipinski definition) is 1. The van der Waals surface area contributed by atoms with Crippen molar-refractivity contribution in [3.63, 3.8) is 0 Å². The van der Waals surface area contributed by atoms with E-state index in [1.54, 1.807) is 5.56 Å². The van der Waals surface area contributed by atoms with Gasteiger partial charge in [0, 0.05) is 6.04 Å². The summed E-state index contributed by atoms with van der Waals surface area (Å²) in [5, 5.41) is 3.73. The summed E-state index contributed by atoms with van der Waals surface area (Å²) in [6.07, 6.45) is 2.54. The third kappa shape index (κ3) is 2.46. The van der Waals surface area contributed by atoms with Crippen molar-refractivity contribution in [1.29, 1.82) is 0 Å². The van der Waals surface area contributed by atoms with Gasteiger partial charge in [0.05, 0.1) is 0 Å². The van der Waals surface area contributed by atoms with Crippen molar-refractivity contribution in [3.05, 3.63) is 35.4 Å². The lowest BCUT2D eigenvalue weighted by Crippen LogP contribution is -2.32. The highest BCUT2D eigenvalue weighted by atomic mass is 14.9. The highest BCUT2D eigenvalue weighted by molar-refractivity contribution is 5.31. The summed E-state index contributed by atoms with van der Waals surface area (Å²) in [5.74, 6) is 1.45. The van der Waals surface area contributed by atoms with Crippen LogP contribution in [0.1, 0.15) is 44.4 Å². The largest absolute Gasteiger partial charge is 0.309 e. The maximum atomic E-state index is 3.73. The first-order valence-corrected chi connectivity index (χ1v) is 6.49. The summed E-state index contributed by atoms with van der Waals surface area (Å²) in [7, 11) is 0. The van der Waals surface area contributed by atoms with Crippen LogP contribution in [0.15, 0.2) is 24.3 Å². The average Bonchev–Trinajstić information content (AvgIpc) is 2.25. The number of aryl methyl sites for hydroxylation is 1. The lowest BCUT2D eigenvalue weighted by atomic mass is 9.87. The lowest BCUT2D eigenvalue weighted by molar-refractivity contribution is 0.357. The third-order valence-corrected chi connectivity index (χ3v) is 3.65. The van der Waals surface area contributed by atoms with Crippen molar-refractivity contribution in [1.82, 2.24) is 5.32 Å². The van der Waals surface area contributed by atoms with Gasteiger partial charge in [-0.2, -0.15) is 0 Å². The number of hydrogen-bond donors (Lipinski definition) is 1. The van der Waals surface area contributed by atoms with Gasteiger partial charge in [0.1, 0.15) is 0 Å². The lowest BCUT2D eigenvalue weighted by Gasteiger charge is -2.29. The van der Waals surface area contributed by atoms with Gasteiger partial charge in [-0.05, 0) is 42.3 Å². The molecule has 1 N–H and O–H groups in total. The normalized spacial score (nSPS) is 26.0. The molecule has 2 rings (SSSR count). The molecule has 0 spiro atoms. The van der Waals surface area contributed by atoms with Gasteiger partial charge in [0.25, 0.3) is 0 Å². The molecule has 88 valence electrons. The van der Waals surface area contributed by atoms with Crippen LogP contribution in [0, 0.1) is 11.8 Å². The molecule has 2 unspecified atom stereocenters. The molecule has 1 aromatic carbocycles.